The van der Waals surface area contributed by atoms with Crippen molar-refractivity contribution in [3.8, 4) is 0 Å². The van der Waals surface area contributed by atoms with Gasteiger partial charge in [-0.15, -0.1) is 0 Å². The molecule has 2 heteroatoms. The zero-order valence-corrected chi connectivity index (χ0v) is 13.7. The molecular formula is C18H27NO. The fourth-order valence-electron chi connectivity index (χ4n) is 2.62. The normalized spacial score (nSPS) is 12.3. The Morgan fingerprint density at radius 3 is 2.45 bits per heavy atom. The molecule has 0 fully saturated rings. The topological polar surface area (TPSA) is 25.2 Å². The van der Waals surface area contributed by atoms with E-state index in [9.17, 15) is 0 Å². The smallest absolute Gasteiger partial charge is 0.138 e. The van der Waals surface area contributed by atoms with Crippen molar-refractivity contribution in [1.82, 2.24) is 5.32 Å². The van der Waals surface area contributed by atoms with E-state index in [1.54, 1.807) is 0 Å². The lowest BCUT2D eigenvalue weighted by Gasteiger charge is -2.19. The first-order valence-electron chi connectivity index (χ1n) is 7.58. The van der Waals surface area contributed by atoms with Crippen molar-refractivity contribution in [2.24, 2.45) is 0 Å². The van der Waals surface area contributed by atoms with E-state index in [1.165, 1.54) is 22.1 Å². The zero-order chi connectivity index (χ0) is 14.9. The minimum Gasteiger partial charge on any atom is -0.459 e. The van der Waals surface area contributed by atoms with Crippen LogP contribution < -0.4 is 5.32 Å². The number of rotatable bonds is 4. The first-order chi connectivity index (χ1) is 9.34. The van der Waals surface area contributed by atoms with Gasteiger partial charge in [0.2, 0.25) is 0 Å². The molecule has 2 nitrogen and oxygen atoms in total. The lowest BCUT2D eigenvalue weighted by Crippen LogP contribution is -2.13. The van der Waals surface area contributed by atoms with E-state index in [-0.39, 0.29) is 5.41 Å². The van der Waals surface area contributed by atoms with Gasteiger partial charge in [0.1, 0.15) is 11.3 Å². The van der Waals surface area contributed by atoms with Gasteiger partial charge in [-0.3, -0.25) is 0 Å². The standard InChI is InChI=1S/C18H27NO/c1-7-8-19-11-16-13(3)14-9-12(2)10-15(17(14)20-16)18(4,5)6/h9-10,19H,7-8,11H2,1-6H3. The molecule has 0 spiro atoms. The maximum absolute atomic E-state index is 6.20. The third kappa shape index (κ3) is 2.90. The van der Waals surface area contributed by atoms with Gasteiger partial charge in [-0.05, 0) is 49.4 Å². The zero-order valence-electron chi connectivity index (χ0n) is 13.7. The molecule has 1 N–H and O–H groups in total. The average molecular weight is 273 g/mol. The van der Waals surface area contributed by atoms with Gasteiger partial charge >= 0.3 is 0 Å². The van der Waals surface area contributed by atoms with Crippen LogP contribution in [0.4, 0.5) is 0 Å². The summed E-state index contributed by atoms with van der Waals surface area (Å²) in [6.45, 7) is 15.1. The second kappa shape index (κ2) is 5.61. The first-order valence-corrected chi connectivity index (χ1v) is 7.58. The minimum absolute atomic E-state index is 0.0999. The van der Waals surface area contributed by atoms with E-state index in [4.69, 9.17) is 4.42 Å². The van der Waals surface area contributed by atoms with Gasteiger partial charge in [-0.1, -0.05) is 33.8 Å². The summed E-state index contributed by atoms with van der Waals surface area (Å²) in [4.78, 5) is 0. The molecular weight excluding hydrogens is 246 g/mol. The quantitative estimate of drug-likeness (QED) is 0.806. The van der Waals surface area contributed by atoms with E-state index >= 15 is 0 Å². The summed E-state index contributed by atoms with van der Waals surface area (Å²) < 4.78 is 6.20. The molecule has 0 unspecified atom stereocenters. The van der Waals surface area contributed by atoms with E-state index in [0.29, 0.717) is 0 Å². The van der Waals surface area contributed by atoms with Crippen LogP contribution in [0.1, 0.15) is 56.6 Å². The highest BCUT2D eigenvalue weighted by Gasteiger charge is 2.22. The van der Waals surface area contributed by atoms with Crippen LogP contribution in [-0.2, 0) is 12.0 Å². The van der Waals surface area contributed by atoms with E-state index in [2.05, 4.69) is 59.0 Å². The Morgan fingerprint density at radius 1 is 1.15 bits per heavy atom. The van der Waals surface area contributed by atoms with Crippen LogP contribution in [0.15, 0.2) is 16.5 Å². The highest BCUT2D eigenvalue weighted by Crippen LogP contribution is 2.35. The molecule has 110 valence electrons. The molecule has 20 heavy (non-hydrogen) atoms. The molecule has 0 saturated heterocycles. The maximum atomic E-state index is 6.20. The number of hydrogen-bond donors (Lipinski definition) is 1. The van der Waals surface area contributed by atoms with Gasteiger partial charge in [-0.2, -0.15) is 0 Å². The fraction of sp³-hybridized carbons (Fsp3) is 0.556. The number of aryl methyl sites for hydroxylation is 2. The Kier molecular flexibility index (Phi) is 4.24. The molecule has 0 bridgehead atoms. The van der Waals surface area contributed by atoms with Gasteiger partial charge in [0.15, 0.2) is 0 Å². The Morgan fingerprint density at radius 2 is 1.85 bits per heavy atom. The van der Waals surface area contributed by atoms with Crippen LogP contribution in [0, 0.1) is 13.8 Å². The van der Waals surface area contributed by atoms with Crippen LogP contribution in [0.2, 0.25) is 0 Å². The molecule has 1 aromatic carbocycles. The summed E-state index contributed by atoms with van der Waals surface area (Å²) in [6.07, 6.45) is 1.14. The summed E-state index contributed by atoms with van der Waals surface area (Å²) >= 11 is 0. The van der Waals surface area contributed by atoms with Crippen LogP contribution >= 0.6 is 0 Å². The Hall–Kier alpha value is -1.28. The van der Waals surface area contributed by atoms with Crippen molar-refractivity contribution in [1.29, 1.82) is 0 Å². The van der Waals surface area contributed by atoms with Crippen molar-refractivity contribution in [2.45, 2.75) is 59.9 Å². The van der Waals surface area contributed by atoms with Crippen LogP contribution in [0.3, 0.4) is 0 Å². The Balaban J connectivity index is 2.52. The molecule has 0 atom stereocenters. The number of fused-ring (bicyclic) bond motifs is 1. The molecule has 1 heterocycles. The van der Waals surface area contributed by atoms with Crippen LogP contribution in [-0.4, -0.2) is 6.54 Å². The molecule has 0 aliphatic carbocycles. The predicted octanol–water partition coefficient (Wildman–Crippen LogP) is 4.85. The molecule has 0 saturated carbocycles. The third-order valence-electron chi connectivity index (χ3n) is 3.80. The summed E-state index contributed by atoms with van der Waals surface area (Å²) in [5, 5.41) is 4.70. The average Bonchev–Trinajstić information content (AvgIpc) is 2.65. The lowest BCUT2D eigenvalue weighted by molar-refractivity contribution is 0.497. The predicted molar refractivity (Wildman–Crippen MR) is 86.4 cm³/mol. The Labute approximate surface area is 122 Å². The molecule has 2 aromatic rings. The summed E-state index contributed by atoms with van der Waals surface area (Å²) in [5.74, 6) is 1.07. The summed E-state index contributed by atoms with van der Waals surface area (Å²) in [7, 11) is 0. The molecule has 0 aliphatic rings. The lowest BCUT2D eigenvalue weighted by atomic mass is 9.85. The maximum Gasteiger partial charge on any atom is 0.138 e. The molecule has 2 rings (SSSR count). The largest absolute Gasteiger partial charge is 0.459 e. The van der Waals surface area contributed by atoms with Crippen molar-refractivity contribution in [2.75, 3.05) is 6.54 Å². The number of nitrogens with one attached hydrogen (secondary N) is 1. The highest BCUT2D eigenvalue weighted by molar-refractivity contribution is 5.86. The van der Waals surface area contributed by atoms with Crippen LogP contribution in [0.5, 0.6) is 0 Å². The van der Waals surface area contributed by atoms with Gasteiger partial charge in [-0.25, -0.2) is 0 Å². The van der Waals surface area contributed by atoms with Crippen molar-refractivity contribution >= 4 is 11.0 Å². The van der Waals surface area contributed by atoms with Gasteiger partial charge in [0.05, 0.1) is 6.54 Å². The molecule has 0 amide bonds. The van der Waals surface area contributed by atoms with Crippen LogP contribution in [0.25, 0.3) is 11.0 Å². The number of benzene rings is 1. The van der Waals surface area contributed by atoms with Crippen molar-refractivity contribution in [3.63, 3.8) is 0 Å². The van der Waals surface area contributed by atoms with Crippen molar-refractivity contribution in [3.05, 3.63) is 34.6 Å². The molecule has 0 aliphatic heterocycles. The van der Waals surface area contributed by atoms with Crippen molar-refractivity contribution < 1.29 is 4.42 Å². The monoisotopic (exact) mass is 273 g/mol. The molecule has 1 aromatic heterocycles. The summed E-state index contributed by atoms with van der Waals surface area (Å²) in [6, 6.07) is 4.50. The van der Waals surface area contributed by atoms with Gasteiger partial charge in [0.25, 0.3) is 0 Å². The summed E-state index contributed by atoms with van der Waals surface area (Å²) in [5.41, 5.74) is 5.05. The van der Waals surface area contributed by atoms with E-state index in [1.807, 2.05) is 0 Å². The van der Waals surface area contributed by atoms with E-state index in [0.717, 1.165) is 30.9 Å². The second-order valence-corrected chi connectivity index (χ2v) is 6.77. The minimum atomic E-state index is 0.0999. The van der Waals surface area contributed by atoms with Gasteiger partial charge < -0.3 is 9.73 Å². The number of furan rings is 1. The fourth-order valence-corrected chi connectivity index (χ4v) is 2.62. The van der Waals surface area contributed by atoms with Gasteiger partial charge in [0, 0.05) is 10.9 Å². The first kappa shape index (κ1) is 15.1. The Bertz CT molecular complexity index is 602. The molecule has 0 radical (unpaired) electrons. The number of hydrogen-bond acceptors (Lipinski definition) is 2. The SMILES string of the molecule is CCCNCc1oc2c(C(C)(C)C)cc(C)cc2c1C. The highest BCUT2D eigenvalue weighted by atomic mass is 16.3. The van der Waals surface area contributed by atoms with E-state index < -0.39 is 0 Å². The second-order valence-electron chi connectivity index (χ2n) is 6.77. The third-order valence-corrected chi connectivity index (χ3v) is 3.80.